The molecule has 0 spiro atoms. The fourth-order valence-corrected chi connectivity index (χ4v) is 4.47. The number of carbonyl (C=O) groups excluding carboxylic acids is 1. The summed E-state index contributed by atoms with van der Waals surface area (Å²) in [5.41, 5.74) is -0.522. The van der Waals surface area contributed by atoms with Gasteiger partial charge in [0.2, 0.25) is 15.9 Å². The quantitative estimate of drug-likeness (QED) is 0.451. The average molecular weight is 400 g/mol. The number of rotatable bonds is 7. The molecule has 1 fully saturated rings. The minimum atomic E-state index is -3.84. The Balaban J connectivity index is 2.36. The standard InChI is InChI=1S/C16H24N4O6S/c1-17-16(22)14(11-21)18-13-7-6-12(10-15(13)20(23)24)27(25,26)19-8-4-2-3-5-9-19/h6-7,10,14,18,21H,2-5,8-9,11H2,1H3,(H,17,22)/t14-/m0/s1. The molecule has 0 bridgehead atoms. The van der Waals surface area contributed by atoms with Gasteiger partial charge in [-0.3, -0.25) is 14.9 Å². The van der Waals surface area contributed by atoms with Crippen LogP contribution in [0.3, 0.4) is 0 Å². The molecule has 1 aliphatic rings. The van der Waals surface area contributed by atoms with E-state index in [0.717, 1.165) is 31.7 Å². The summed E-state index contributed by atoms with van der Waals surface area (Å²) in [6.45, 7) is 0.198. The van der Waals surface area contributed by atoms with E-state index in [-0.39, 0.29) is 10.6 Å². The number of aliphatic hydroxyl groups is 1. The molecule has 0 unspecified atom stereocenters. The summed E-state index contributed by atoms with van der Waals surface area (Å²) in [7, 11) is -2.47. The number of hydrogen-bond acceptors (Lipinski definition) is 7. The van der Waals surface area contributed by atoms with Crippen molar-refractivity contribution in [2.45, 2.75) is 36.6 Å². The third-order valence-electron chi connectivity index (χ3n) is 4.44. The van der Waals surface area contributed by atoms with E-state index >= 15 is 0 Å². The second kappa shape index (κ2) is 9.11. The Labute approximate surface area is 157 Å². The molecule has 27 heavy (non-hydrogen) atoms. The van der Waals surface area contributed by atoms with E-state index in [1.165, 1.54) is 23.5 Å². The Kier molecular flexibility index (Phi) is 7.11. The molecule has 1 aromatic rings. The third-order valence-corrected chi connectivity index (χ3v) is 6.34. The van der Waals surface area contributed by atoms with Crippen LogP contribution in [0.5, 0.6) is 0 Å². The molecular formula is C16H24N4O6S. The number of aliphatic hydroxyl groups excluding tert-OH is 1. The van der Waals surface area contributed by atoms with Crippen LogP contribution in [0, 0.1) is 10.1 Å². The van der Waals surface area contributed by atoms with Gasteiger partial charge in [-0.25, -0.2) is 8.42 Å². The molecular weight excluding hydrogens is 376 g/mol. The number of amides is 1. The number of nitrogens with one attached hydrogen (secondary N) is 2. The van der Waals surface area contributed by atoms with Crippen LogP contribution in [0.4, 0.5) is 11.4 Å². The number of anilines is 1. The minimum absolute atomic E-state index is 0.0440. The number of hydrogen-bond donors (Lipinski definition) is 3. The molecule has 0 aliphatic carbocycles. The predicted molar refractivity (Wildman–Crippen MR) is 98.9 cm³/mol. The van der Waals surface area contributed by atoms with Gasteiger partial charge < -0.3 is 15.7 Å². The maximum Gasteiger partial charge on any atom is 0.293 e. The number of likely N-dealkylation sites (N-methyl/N-ethyl adjacent to an activating group) is 1. The molecule has 1 amide bonds. The molecule has 0 radical (unpaired) electrons. The summed E-state index contributed by atoms with van der Waals surface area (Å²) in [6.07, 6.45) is 3.42. The van der Waals surface area contributed by atoms with Crippen LogP contribution in [0.25, 0.3) is 0 Å². The number of benzene rings is 1. The summed E-state index contributed by atoms with van der Waals surface area (Å²) in [5.74, 6) is -0.548. The zero-order valence-electron chi connectivity index (χ0n) is 15.1. The van der Waals surface area contributed by atoms with Crippen LogP contribution in [-0.2, 0) is 14.8 Å². The molecule has 11 heteroatoms. The molecule has 150 valence electrons. The Morgan fingerprint density at radius 1 is 1.30 bits per heavy atom. The first-order valence-electron chi connectivity index (χ1n) is 8.69. The maximum atomic E-state index is 12.8. The van der Waals surface area contributed by atoms with Crippen LogP contribution in [0.1, 0.15) is 25.7 Å². The highest BCUT2D eigenvalue weighted by molar-refractivity contribution is 7.89. The highest BCUT2D eigenvalue weighted by atomic mass is 32.2. The monoisotopic (exact) mass is 400 g/mol. The first-order chi connectivity index (χ1) is 12.8. The van der Waals surface area contributed by atoms with Crippen molar-refractivity contribution < 1.29 is 23.2 Å². The predicted octanol–water partition coefficient (Wildman–Crippen LogP) is 0.678. The normalized spacial score (nSPS) is 17.0. The van der Waals surface area contributed by atoms with Crippen LogP contribution in [0.2, 0.25) is 0 Å². The van der Waals surface area contributed by atoms with Gasteiger partial charge >= 0.3 is 0 Å². The van der Waals surface area contributed by atoms with Crippen molar-refractivity contribution in [3.63, 3.8) is 0 Å². The number of nitro groups is 1. The van der Waals surface area contributed by atoms with E-state index in [4.69, 9.17) is 0 Å². The summed E-state index contributed by atoms with van der Waals surface area (Å²) >= 11 is 0. The smallest absolute Gasteiger partial charge is 0.293 e. The van der Waals surface area contributed by atoms with Crippen molar-refractivity contribution in [2.24, 2.45) is 0 Å². The van der Waals surface area contributed by atoms with E-state index < -0.39 is 39.2 Å². The van der Waals surface area contributed by atoms with Gasteiger partial charge in [-0.2, -0.15) is 4.31 Å². The fraction of sp³-hybridized carbons (Fsp3) is 0.562. The molecule has 1 atom stereocenters. The molecule has 1 heterocycles. The van der Waals surface area contributed by atoms with Crippen LogP contribution >= 0.6 is 0 Å². The van der Waals surface area contributed by atoms with Crippen LogP contribution < -0.4 is 10.6 Å². The number of nitrogens with zero attached hydrogens (tertiary/aromatic N) is 2. The van der Waals surface area contributed by atoms with E-state index in [0.29, 0.717) is 13.1 Å². The fourth-order valence-electron chi connectivity index (χ4n) is 2.93. The van der Waals surface area contributed by atoms with Gasteiger partial charge in [0.15, 0.2) is 0 Å². The first kappa shape index (κ1) is 21.1. The van der Waals surface area contributed by atoms with Crippen molar-refractivity contribution in [3.8, 4) is 0 Å². The maximum absolute atomic E-state index is 12.8. The summed E-state index contributed by atoms with van der Waals surface area (Å²) < 4.78 is 27.0. The minimum Gasteiger partial charge on any atom is -0.394 e. The number of sulfonamides is 1. The van der Waals surface area contributed by atoms with Gasteiger partial charge in [-0.05, 0) is 25.0 Å². The first-order valence-corrected chi connectivity index (χ1v) is 10.1. The third kappa shape index (κ3) is 4.93. The Morgan fingerprint density at radius 3 is 2.44 bits per heavy atom. The Morgan fingerprint density at radius 2 is 1.93 bits per heavy atom. The highest BCUT2D eigenvalue weighted by Gasteiger charge is 2.29. The molecule has 0 saturated carbocycles. The highest BCUT2D eigenvalue weighted by Crippen LogP contribution is 2.30. The topological polar surface area (TPSA) is 142 Å². The number of carbonyl (C=O) groups is 1. The van der Waals surface area contributed by atoms with Gasteiger partial charge in [0, 0.05) is 26.2 Å². The van der Waals surface area contributed by atoms with E-state index in [2.05, 4.69) is 10.6 Å². The molecule has 1 saturated heterocycles. The van der Waals surface area contributed by atoms with Crippen molar-refractivity contribution in [3.05, 3.63) is 28.3 Å². The zero-order chi connectivity index (χ0) is 20.0. The summed E-state index contributed by atoms with van der Waals surface area (Å²) in [5, 5.41) is 25.7. The summed E-state index contributed by atoms with van der Waals surface area (Å²) in [4.78, 5) is 22.2. The lowest BCUT2D eigenvalue weighted by Gasteiger charge is -2.20. The molecule has 10 nitrogen and oxygen atoms in total. The van der Waals surface area contributed by atoms with Crippen LogP contribution in [0.15, 0.2) is 23.1 Å². The van der Waals surface area contributed by atoms with E-state index in [9.17, 15) is 28.4 Å². The second-order valence-corrected chi connectivity index (χ2v) is 8.19. The largest absolute Gasteiger partial charge is 0.394 e. The van der Waals surface area contributed by atoms with Gasteiger partial charge in [0.1, 0.15) is 11.7 Å². The SMILES string of the molecule is CNC(=O)[C@H](CO)Nc1ccc(S(=O)(=O)N2CCCCCC2)cc1[N+](=O)[O-]. The Bertz CT molecular complexity index is 790. The lowest BCUT2D eigenvalue weighted by atomic mass is 10.2. The van der Waals surface area contributed by atoms with Crippen molar-refractivity contribution in [2.75, 3.05) is 32.1 Å². The molecule has 3 N–H and O–H groups in total. The Hall–Kier alpha value is -2.24. The summed E-state index contributed by atoms with van der Waals surface area (Å²) in [6, 6.07) is 2.41. The second-order valence-electron chi connectivity index (χ2n) is 6.25. The van der Waals surface area contributed by atoms with E-state index in [1.54, 1.807) is 0 Å². The number of nitro benzene ring substituents is 1. The van der Waals surface area contributed by atoms with Gasteiger partial charge in [0.05, 0.1) is 16.4 Å². The van der Waals surface area contributed by atoms with Gasteiger partial charge in [-0.15, -0.1) is 0 Å². The zero-order valence-corrected chi connectivity index (χ0v) is 15.9. The molecule has 1 aromatic carbocycles. The average Bonchev–Trinajstić information content (AvgIpc) is 2.95. The van der Waals surface area contributed by atoms with Crippen molar-refractivity contribution in [1.82, 2.24) is 9.62 Å². The lowest BCUT2D eigenvalue weighted by Crippen LogP contribution is -2.40. The van der Waals surface area contributed by atoms with E-state index in [1.807, 2.05) is 0 Å². The van der Waals surface area contributed by atoms with Crippen LogP contribution in [-0.4, -0.2) is 61.4 Å². The van der Waals surface area contributed by atoms with Crippen molar-refractivity contribution >= 4 is 27.3 Å². The molecule has 1 aliphatic heterocycles. The molecule has 2 rings (SSSR count). The van der Waals surface area contributed by atoms with Gasteiger partial charge in [0.25, 0.3) is 5.69 Å². The lowest BCUT2D eigenvalue weighted by molar-refractivity contribution is -0.384. The van der Waals surface area contributed by atoms with Gasteiger partial charge in [-0.1, -0.05) is 12.8 Å². The molecule has 0 aromatic heterocycles. The van der Waals surface area contributed by atoms with Crippen molar-refractivity contribution in [1.29, 1.82) is 0 Å².